The molecule has 0 fully saturated rings. The third kappa shape index (κ3) is 5.66. The van der Waals surface area contributed by atoms with Crippen LogP contribution < -0.4 is 4.90 Å². The molecule has 7 nitrogen and oxygen atoms in total. The van der Waals surface area contributed by atoms with Crippen molar-refractivity contribution in [2.45, 2.75) is 13.8 Å². The van der Waals surface area contributed by atoms with Crippen LogP contribution in [0, 0.1) is 10.1 Å². The number of nitrogens with zero attached hydrogens (tertiary/aromatic N) is 4. The van der Waals surface area contributed by atoms with E-state index in [1.807, 2.05) is 12.1 Å². The monoisotopic (exact) mass is 458 g/mol. The Bertz CT molecular complexity index is 1090. The van der Waals surface area contributed by atoms with Crippen LogP contribution in [0.5, 0.6) is 0 Å². The van der Waals surface area contributed by atoms with Gasteiger partial charge in [-0.25, -0.2) is 4.98 Å². The molecule has 0 aliphatic carbocycles. The minimum absolute atomic E-state index is 0.00989. The summed E-state index contributed by atoms with van der Waals surface area (Å²) in [6.07, 6.45) is 3.12. The molecule has 0 bridgehead atoms. The molecule has 0 N–H and O–H groups in total. The van der Waals surface area contributed by atoms with Gasteiger partial charge in [0, 0.05) is 31.3 Å². The summed E-state index contributed by atoms with van der Waals surface area (Å²) in [5, 5.41) is 12.0. The van der Waals surface area contributed by atoms with Gasteiger partial charge >= 0.3 is 0 Å². The third-order valence-electron chi connectivity index (χ3n) is 4.91. The number of benzene rings is 2. The van der Waals surface area contributed by atoms with Gasteiger partial charge in [-0.05, 0) is 49.0 Å². The number of non-ortho nitro benzene ring substituents is 1. The van der Waals surface area contributed by atoms with E-state index >= 15 is 0 Å². The molecular weight excluding hydrogens is 436 g/mol. The van der Waals surface area contributed by atoms with Gasteiger partial charge in [-0.15, -0.1) is 0 Å². The third-order valence-corrected chi connectivity index (χ3v) is 6.26. The van der Waals surface area contributed by atoms with Crippen molar-refractivity contribution < 1.29 is 9.72 Å². The van der Waals surface area contributed by atoms with Crippen LogP contribution in [0.3, 0.4) is 0 Å². The maximum atomic E-state index is 13.1. The van der Waals surface area contributed by atoms with E-state index in [0.29, 0.717) is 34.3 Å². The topological polar surface area (TPSA) is 79.6 Å². The number of rotatable bonds is 9. The molecule has 3 rings (SSSR count). The first-order valence-electron chi connectivity index (χ1n) is 9.94. The van der Waals surface area contributed by atoms with Crippen molar-refractivity contribution in [1.29, 1.82) is 0 Å². The highest BCUT2D eigenvalue weighted by atomic mass is 35.5. The van der Waals surface area contributed by atoms with Crippen molar-refractivity contribution in [3.63, 3.8) is 0 Å². The highest BCUT2D eigenvalue weighted by Gasteiger charge is 2.19. The molecule has 31 heavy (non-hydrogen) atoms. The van der Waals surface area contributed by atoms with Gasteiger partial charge in [0.2, 0.25) is 0 Å². The van der Waals surface area contributed by atoms with Gasteiger partial charge in [0.25, 0.3) is 11.6 Å². The summed E-state index contributed by atoms with van der Waals surface area (Å²) in [5.41, 5.74) is 1.40. The zero-order chi connectivity index (χ0) is 22.4. The molecule has 9 heteroatoms. The predicted molar refractivity (Wildman–Crippen MR) is 127 cm³/mol. The maximum Gasteiger partial charge on any atom is 0.269 e. The van der Waals surface area contributed by atoms with Crippen LogP contribution in [0.1, 0.15) is 19.4 Å². The fourth-order valence-electron chi connectivity index (χ4n) is 3.06. The molecule has 2 aromatic carbocycles. The van der Waals surface area contributed by atoms with Gasteiger partial charge in [-0.1, -0.05) is 42.9 Å². The molecule has 0 saturated heterocycles. The van der Waals surface area contributed by atoms with E-state index in [1.165, 1.54) is 29.5 Å². The minimum Gasteiger partial charge on any atom is -0.302 e. The number of nitro benzene ring substituents is 1. The molecule has 0 radical (unpaired) electrons. The summed E-state index contributed by atoms with van der Waals surface area (Å²) >= 11 is 7.70. The maximum absolute atomic E-state index is 13.1. The number of hydrogen-bond donors (Lipinski definition) is 0. The Hall–Kier alpha value is -2.81. The lowest BCUT2D eigenvalue weighted by Gasteiger charge is -2.23. The van der Waals surface area contributed by atoms with Crippen molar-refractivity contribution in [2.75, 3.05) is 31.1 Å². The van der Waals surface area contributed by atoms with Gasteiger partial charge in [-0.3, -0.25) is 19.8 Å². The molecule has 3 aromatic rings. The smallest absolute Gasteiger partial charge is 0.269 e. The summed E-state index contributed by atoms with van der Waals surface area (Å²) < 4.78 is 0.919. The van der Waals surface area contributed by atoms with Crippen molar-refractivity contribution in [3.8, 4) is 0 Å². The number of likely N-dealkylation sites (N-methyl/N-ethyl adjacent to an activating group) is 1. The van der Waals surface area contributed by atoms with Crippen molar-refractivity contribution in [2.24, 2.45) is 0 Å². The molecule has 0 unspecified atom stereocenters. The number of thiazole rings is 1. The summed E-state index contributed by atoms with van der Waals surface area (Å²) in [5.74, 6) is -0.208. The van der Waals surface area contributed by atoms with Gasteiger partial charge < -0.3 is 4.90 Å². The van der Waals surface area contributed by atoms with Crippen LogP contribution in [-0.4, -0.2) is 46.9 Å². The van der Waals surface area contributed by atoms with Crippen molar-refractivity contribution in [1.82, 2.24) is 9.88 Å². The molecule has 1 amide bonds. The first-order chi connectivity index (χ1) is 14.9. The van der Waals surface area contributed by atoms with Crippen LogP contribution in [0.4, 0.5) is 10.8 Å². The van der Waals surface area contributed by atoms with Crippen molar-refractivity contribution in [3.05, 3.63) is 69.2 Å². The van der Waals surface area contributed by atoms with E-state index in [-0.39, 0.29) is 11.6 Å². The van der Waals surface area contributed by atoms with Crippen molar-refractivity contribution >= 4 is 56.0 Å². The van der Waals surface area contributed by atoms with Crippen LogP contribution in [0.2, 0.25) is 5.02 Å². The number of hydrogen-bond acceptors (Lipinski definition) is 6. The standard InChI is InChI=1S/C22H23ClN4O3S/c1-3-25(4-2)14-15-26(22-24-21-18(23)6-5-7-19(21)31-22)20(28)13-10-16-8-11-17(12-9-16)27(29)30/h5-13H,3-4,14-15H2,1-2H3. The van der Waals surface area contributed by atoms with E-state index in [9.17, 15) is 14.9 Å². The van der Waals surface area contributed by atoms with Gasteiger partial charge in [0.05, 0.1) is 14.6 Å². The number of para-hydroxylation sites is 1. The second-order valence-corrected chi connectivity index (χ2v) is 8.20. The predicted octanol–water partition coefficient (Wildman–Crippen LogP) is 5.25. The zero-order valence-electron chi connectivity index (χ0n) is 17.3. The molecule has 0 spiro atoms. The molecule has 0 aliphatic heterocycles. The van der Waals surface area contributed by atoms with E-state index in [2.05, 4.69) is 23.7 Å². The number of amides is 1. The zero-order valence-corrected chi connectivity index (χ0v) is 18.9. The Labute approximate surface area is 189 Å². The number of nitro groups is 1. The average Bonchev–Trinajstić information content (AvgIpc) is 3.21. The fourth-order valence-corrected chi connectivity index (χ4v) is 4.36. The molecule has 0 aliphatic rings. The molecule has 0 atom stereocenters. The number of carbonyl (C=O) groups is 1. The van der Waals surface area contributed by atoms with Gasteiger partial charge in [-0.2, -0.15) is 0 Å². The number of aromatic nitrogens is 1. The lowest BCUT2D eigenvalue weighted by Crippen LogP contribution is -2.38. The normalized spacial score (nSPS) is 11.5. The minimum atomic E-state index is -0.453. The number of carbonyl (C=O) groups excluding carboxylic acids is 1. The first kappa shape index (κ1) is 22.9. The van der Waals surface area contributed by atoms with Gasteiger partial charge in [0.1, 0.15) is 5.52 Å². The number of fused-ring (bicyclic) bond motifs is 1. The highest BCUT2D eigenvalue weighted by Crippen LogP contribution is 2.33. The lowest BCUT2D eigenvalue weighted by atomic mass is 10.2. The molecule has 0 saturated carbocycles. The second kappa shape index (κ2) is 10.5. The Morgan fingerprint density at radius 2 is 1.87 bits per heavy atom. The SMILES string of the molecule is CCN(CC)CCN(C(=O)C=Cc1ccc([N+](=O)[O-])cc1)c1nc2c(Cl)cccc2s1. The quantitative estimate of drug-likeness (QED) is 0.248. The summed E-state index contributed by atoms with van der Waals surface area (Å²) in [7, 11) is 0. The van der Waals surface area contributed by atoms with E-state index in [1.54, 1.807) is 29.2 Å². The molecule has 162 valence electrons. The summed E-state index contributed by atoms with van der Waals surface area (Å²) in [6, 6.07) is 11.6. The van der Waals surface area contributed by atoms with Gasteiger partial charge in [0.15, 0.2) is 5.13 Å². The summed E-state index contributed by atoms with van der Waals surface area (Å²) in [6.45, 7) is 7.16. The Morgan fingerprint density at radius 1 is 1.16 bits per heavy atom. The van der Waals surface area contributed by atoms with E-state index in [0.717, 1.165) is 17.8 Å². The highest BCUT2D eigenvalue weighted by molar-refractivity contribution is 7.22. The molecule has 1 aromatic heterocycles. The second-order valence-electron chi connectivity index (χ2n) is 6.78. The van der Waals surface area contributed by atoms with E-state index < -0.39 is 4.92 Å². The Morgan fingerprint density at radius 3 is 2.48 bits per heavy atom. The van der Waals surface area contributed by atoms with Crippen LogP contribution in [0.15, 0.2) is 48.5 Å². The van der Waals surface area contributed by atoms with E-state index in [4.69, 9.17) is 11.6 Å². The van der Waals surface area contributed by atoms with Crippen LogP contribution >= 0.6 is 22.9 Å². The fraction of sp³-hybridized carbons (Fsp3) is 0.273. The summed E-state index contributed by atoms with van der Waals surface area (Å²) in [4.78, 5) is 31.9. The lowest BCUT2D eigenvalue weighted by molar-refractivity contribution is -0.384. The first-order valence-corrected chi connectivity index (χ1v) is 11.1. The largest absolute Gasteiger partial charge is 0.302 e. The van der Waals surface area contributed by atoms with Crippen LogP contribution in [0.25, 0.3) is 16.3 Å². The van der Waals surface area contributed by atoms with Crippen LogP contribution in [-0.2, 0) is 4.79 Å². The average molecular weight is 459 g/mol. The number of anilines is 1. The Kier molecular flexibility index (Phi) is 7.73. The number of halogens is 1. The Balaban J connectivity index is 1.86. The molecule has 1 heterocycles. The molecular formula is C22H23ClN4O3S.